The molecule has 6 heteroatoms. The molecule has 1 heterocycles. The largest absolute Gasteiger partial charge is 0.396 e. The van der Waals surface area contributed by atoms with Crippen LogP contribution in [0.1, 0.15) is 55.2 Å². The van der Waals surface area contributed by atoms with Crippen molar-refractivity contribution in [1.82, 2.24) is 15.5 Å². The molecular formula is C13H22N4O2. The normalized spacial score (nSPS) is 15.5. The maximum absolute atomic E-state index is 12.0. The summed E-state index contributed by atoms with van der Waals surface area (Å²) in [5, 5.41) is 18.7. The number of nitrogen functional groups attached to an aromatic ring is 1. The summed E-state index contributed by atoms with van der Waals surface area (Å²) in [6.45, 7) is 4.58. The number of rotatable bonds is 6. The lowest BCUT2D eigenvalue weighted by Gasteiger charge is -2.23. The Hall–Kier alpha value is -1.56. The van der Waals surface area contributed by atoms with Crippen LogP contribution in [-0.4, -0.2) is 34.4 Å². The van der Waals surface area contributed by atoms with Crippen LogP contribution >= 0.6 is 0 Å². The molecule has 0 aromatic carbocycles. The average Bonchev–Trinajstić information content (AvgIpc) is 3.10. The standard InChI is InChI=1S/C13H22N4O2/c1-13(2,5-6-18)7-15-12(19)11-9(14)10(16-17-11)8-3-4-8/h8,18H,3-7,14H2,1-2H3,(H,15,19)(H,16,17). The molecule has 1 aromatic heterocycles. The molecule has 2 rings (SSSR count). The van der Waals surface area contributed by atoms with Gasteiger partial charge in [0, 0.05) is 19.1 Å². The van der Waals surface area contributed by atoms with Crippen LogP contribution in [-0.2, 0) is 0 Å². The Kier molecular flexibility index (Phi) is 3.80. The average molecular weight is 266 g/mol. The molecule has 19 heavy (non-hydrogen) atoms. The van der Waals surface area contributed by atoms with Crippen molar-refractivity contribution in [3.63, 3.8) is 0 Å². The molecule has 1 aliphatic carbocycles. The third-order valence-electron chi connectivity index (χ3n) is 3.55. The molecule has 1 fully saturated rings. The van der Waals surface area contributed by atoms with Crippen LogP contribution < -0.4 is 11.1 Å². The Labute approximate surface area is 112 Å². The summed E-state index contributed by atoms with van der Waals surface area (Å²) < 4.78 is 0. The molecule has 1 aliphatic rings. The van der Waals surface area contributed by atoms with Crippen molar-refractivity contribution < 1.29 is 9.90 Å². The lowest BCUT2D eigenvalue weighted by atomic mass is 9.90. The second-order valence-corrected chi connectivity index (χ2v) is 5.99. The minimum atomic E-state index is -0.258. The third kappa shape index (κ3) is 3.26. The predicted octanol–water partition coefficient (Wildman–Crippen LogP) is 1.01. The number of hydrogen-bond acceptors (Lipinski definition) is 4. The zero-order chi connectivity index (χ0) is 14.0. The summed E-state index contributed by atoms with van der Waals surface area (Å²) in [6, 6.07) is 0. The quantitative estimate of drug-likeness (QED) is 0.616. The van der Waals surface area contributed by atoms with Gasteiger partial charge < -0.3 is 16.2 Å². The summed E-state index contributed by atoms with van der Waals surface area (Å²) in [6.07, 6.45) is 2.85. The number of nitrogens with zero attached hydrogens (tertiary/aromatic N) is 1. The first-order valence-electron chi connectivity index (χ1n) is 6.67. The van der Waals surface area contributed by atoms with Gasteiger partial charge in [0.05, 0.1) is 11.4 Å². The molecule has 0 spiro atoms. The van der Waals surface area contributed by atoms with E-state index >= 15 is 0 Å². The van der Waals surface area contributed by atoms with E-state index < -0.39 is 0 Å². The summed E-state index contributed by atoms with van der Waals surface area (Å²) in [7, 11) is 0. The number of H-pyrrole nitrogens is 1. The molecule has 106 valence electrons. The highest BCUT2D eigenvalue weighted by molar-refractivity contribution is 5.97. The number of aromatic nitrogens is 2. The molecule has 0 aliphatic heterocycles. The molecule has 1 saturated carbocycles. The Balaban J connectivity index is 1.96. The van der Waals surface area contributed by atoms with E-state index in [0.29, 0.717) is 24.6 Å². The number of aromatic amines is 1. The number of carbonyl (C=O) groups is 1. The molecule has 0 atom stereocenters. The number of carbonyl (C=O) groups excluding carboxylic acids is 1. The topological polar surface area (TPSA) is 104 Å². The van der Waals surface area contributed by atoms with Crippen LogP contribution in [0.4, 0.5) is 5.69 Å². The van der Waals surface area contributed by atoms with Crippen LogP contribution in [0.3, 0.4) is 0 Å². The lowest BCUT2D eigenvalue weighted by molar-refractivity contribution is 0.0924. The van der Waals surface area contributed by atoms with E-state index in [1.165, 1.54) is 0 Å². The molecule has 0 radical (unpaired) electrons. The molecule has 0 saturated heterocycles. The summed E-state index contributed by atoms with van der Waals surface area (Å²) in [5.41, 5.74) is 7.44. The first kappa shape index (κ1) is 13.9. The second-order valence-electron chi connectivity index (χ2n) is 5.99. The molecule has 5 N–H and O–H groups in total. The maximum Gasteiger partial charge on any atom is 0.273 e. The highest BCUT2D eigenvalue weighted by Gasteiger charge is 2.30. The van der Waals surface area contributed by atoms with Gasteiger partial charge >= 0.3 is 0 Å². The van der Waals surface area contributed by atoms with Gasteiger partial charge in [0.2, 0.25) is 0 Å². The minimum Gasteiger partial charge on any atom is -0.396 e. The fourth-order valence-electron chi connectivity index (χ4n) is 2.01. The number of nitrogens with one attached hydrogen (secondary N) is 2. The highest BCUT2D eigenvalue weighted by Crippen LogP contribution is 2.42. The van der Waals surface area contributed by atoms with Gasteiger partial charge in [-0.15, -0.1) is 0 Å². The molecule has 6 nitrogen and oxygen atoms in total. The fourth-order valence-corrected chi connectivity index (χ4v) is 2.01. The van der Waals surface area contributed by atoms with Crippen LogP contribution in [0, 0.1) is 5.41 Å². The van der Waals surface area contributed by atoms with E-state index in [0.717, 1.165) is 18.5 Å². The van der Waals surface area contributed by atoms with Crippen LogP contribution in [0.15, 0.2) is 0 Å². The molecule has 0 unspecified atom stereocenters. The van der Waals surface area contributed by atoms with Gasteiger partial charge in [-0.2, -0.15) is 5.10 Å². The zero-order valence-electron chi connectivity index (χ0n) is 11.5. The van der Waals surface area contributed by atoms with Gasteiger partial charge in [-0.3, -0.25) is 9.89 Å². The number of anilines is 1. The van der Waals surface area contributed by atoms with Gasteiger partial charge in [-0.05, 0) is 24.7 Å². The van der Waals surface area contributed by atoms with Gasteiger partial charge in [0.1, 0.15) is 0 Å². The fraction of sp³-hybridized carbons (Fsp3) is 0.692. The first-order valence-corrected chi connectivity index (χ1v) is 6.67. The Bertz CT molecular complexity index is 463. The van der Waals surface area contributed by atoms with Crippen molar-refractivity contribution in [2.24, 2.45) is 5.41 Å². The number of hydrogen-bond donors (Lipinski definition) is 4. The summed E-state index contributed by atoms with van der Waals surface area (Å²) >= 11 is 0. The van der Waals surface area contributed by atoms with E-state index in [4.69, 9.17) is 10.8 Å². The maximum atomic E-state index is 12.0. The Morgan fingerprint density at radius 1 is 1.58 bits per heavy atom. The molecule has 1 amide bonds. The number of aliphatic hydroxyl groups excluding tert-OH is 1. The summed E-state index contributed by atoms with van der Waals surface area (Å²) in [5.74, 6) is 0.187. The third-order valence-corrected chi connectivity index (χ3v) is 3.55. The van der Waals surface area contributed by atoms with Crippen LogP contribution in [0.2, 0.25) is 0 Å². The van der Waals surface area contributed by atoms with E-state index in [9.17, 15) is 4.79 Å². The number of amides is 1. The van der Waals surface area contributed by atoms with Crippen molar-refractivity contribution in [1.29, 1.82) is 0 Å². The minimum absolute atomic E-state index is 0.110. The van der Waals surface area contributed by atoms with Crippen LogP contribution in [0.5, 0.6) is 0 Å². The monoisotopic (exact) mass is 266 g/mol. The molecular weight excluding hydrogens is 244 g/mol. The highest BCUT2D eigenvalue weighted by atomic mass is 16.3. The van der Waals surface area contributed by atoms with E-state index in [1.807, 2.05) is 13.8 Å². The predicted molar refractivity (Wildman–Crippen MR) is 72.8 cm³/mol. The Morgan fingerprint density at radius 2 is 2.26 bits per heavy atom. The number of aliphatic hydroxyl groups is 1. The van der Waals surface area contributed by atoms with Crippen molar-refractivity contribution >= 4 is 11.6 Å². The SMILES string of the molecule is CC(C)(CCO)CNC(=O)c1n[nH]c(C2CC2)c1N. The van der Waals surface area contributed by atoms with Gasteiger partial charge in [0.15, 0.2) is 5.69 Å². The van der Waals surface area contributed by atoms with Gasteiger partial charge in [-0.25, -0.2) is 0 Å². The Morgan fingerprint density at radius 3 is 2.84 bits per heavy atom. The van der Waals surface area contributed by atoms with Crippen LogP contribution in [0.25, 0.3) is 0 Å². The van der Waals surface area contributed by atoms with Crippen molar-refractivity contribution in [3.8, 4) is 0 Å². The first-order chi connectivity index (χ1) is 8.94. The van der Waals surface area contributed by atoms with Crippen molar-refractivity contribution in [3.05, 3.63) is 11.4 Å². The second kappa shape index (κ2) is 5.21. The molecule has 1 aromatic rings. The van der Waals surface area contributed by atoms with Gasteiger partial charge in [0.25, 0.3) is 5.91 Å². The van der Waals surface area contributed by atoms with E-state index in [2.05, 4.69) is 15.5 Å². The lowest BCUT2D eigenvalue weighted by Crippen LogP contribution is -2.35. The summed E-state index contributed by atoms with van der Waals surface area (Å²) in [4.78, 5) is 12.0. The number of nitrogens with two attached hydrogens (primary N) is 1. The van der Waals surface area contributed by atoms with Crippen molar-refractivity contribution in [2.75, 3.05) is 18.9 Å². The smallest absolute Gasteiger partial charge is 0.273 e. The van der Waals surface area contributed by atoms with E-state index in [-0.39, 0.29) is 23.6 Å². The van der Waals surface area contributed by atoms with Gasteiger partial charge in [-0.1, -0.05) is 13.8 Å². The van der Waals surface area contributed by atoms with Crippen molar-refractivity contribution in [2.45, 2.75) is 39.0 Å². The zero-order valence-corrected chi connectivity index (χ0v) is 11.5. The molecule has 0 bridgehead atoms. The van der Waals surface area contributed by atoms with E-state index in [1.54, 1.807) is 0 Å².